The summed E-state index contributed by atoms with van der Waals surface area (Å²) in [7, 11) is 1.73. The molecule has 0 spiro atoms. The molecular weight excluding hydrogens is 395 g/mol. The fourth-order valence-electron chi connectivity index (χ4n) is 3.57. The summed E-state index contributed by atoms with van der Waals surface area (Å²) in [5.41, 5.74) is -0.697. The Morgan fingerprint density at radius 1 is 1.13 bits per heavy atom. The van der Waals surface area contributed by atoms with Crippen LogP contribution in [0, 0.1) is 0 Å². The Morgan fingerprint density at radius 2 is 2.00 bits per heavy atom. The molecule has 7 nitrogen and oxygen atoms in total. The number of likely N-dealkylation sites (N-methyl/N-ethyl adjacent to an activating group) is 1. The zero-order chi connectivity index (χ0) is 21.1. The number of pyridine rings is 1. The molecule has 156 valence electrons. The highest BCUT2D eigenvalue weighted by Crippen LogP contribution is 2.32. The Labute approximate surface area is 171 Å². The smallest absolute Gasteiger partial charge is 0.357 e. The van der Waals surface area contributed by atoms with Gasteiger partial charge in [-0.1, -0.05) is 6.07 Å². The fourth-order valence-corrected chi connectivity index (χ4v) is 3.57. The topological polar surface area (TPSA) is 70.9 Å². The van der Waals surface area contributed by atoms with Gasteiger partial charge in [0, 0.05) is 44.6 Å². The van der Waals surface area contributed by atoms with Crippen molar-refractivity contribution in [1.29, 1.82) is 0 Å². The molecule has 4 heterocycles. The van der Waals surface area contributed by atoms with Crippen molar-refractivity contribution >= 4 is 11.6 Å². The zero-order valence-corrected chi connectivity index (χ0v) is 16.3. The number of nitrogens with zero attached hydrogens (tertiary/aromatic N) is 7. The van der Waals surface area contributed by atoms with Gasteiger partial charge in [-0.2, -0.15) is 18.3 Å². The number of rotatable bonds is 5. The van der Waals surface area contributed by atoms with Crippen molar-refractivity contribution < 1.29 is 13.2 Å². The van der Waals surface area contributed by atoms with Gasteiger partial charge >= 0.3 is 6.18 Å². The Bertz CT molecular complexity index is 983. The van der Waals surface area contributed by atoms with E-state index in [2.05, 4.69) is 30.0 Å². The number of aromatic nitrogens is 5. The lowest BCUT2D eigenvalue weighted by atomic mass is 10.2. The molecular formula is C20H20F3N7. The van der Waals surface area contributed by atoms with Crippen molar-refractivity contribution in [1.82, 2.24) is 25.1 Å². The Kier molecular flexibility index (Phi) is 5.47. The van der Waals surface area contributed by atoms with Gasteiger partial charge in [0.1, 0.15) is 11.5 Å². The Morgan fingerprint density at radius 3 is 2.70 bits per heavy atom. The first-order valence-electron chi connectivity index (χ1n) is 9.55. The highest BCUT2D eigenvalue weighted by atomic mass is 19.4. The molecule has 3 aromatic rings. The van der Waals surface area contributed by atoms with Crippen molar-refractivity contribution in [2.45, 2.75) is 25.1 Å². The van der Waals surface area contributed by atoms with Crippen molar-refractivity contribution in [2.24, 2.45) is 0 Å². The summed E-state index contributed by atoms with van der Waals surface area (Å²) >= 11 is 0. The predicted molar refractivity (Wildman–Crippen MR) is 106 cm³/mol. The first kappa shape index (κ1) is 20.0. The van der Waals surface area contributed by atoms with E-state index < -0.39 is 11.9 Å². The van der Waals surface area contributed by atoms with Crippen LogP contribution in [0.2, 0.25) is 0 Å². The molecule has 1 fully saturated rings. The normalized spacial score (nSPS) is 16.7. The van der Waals surface area contributed by atoms with Crippen LogP contribution in [0.5, 0.6) is 0 Å². The van der Waals surface area contributed by atoms with E-state index in [1.807, 2.05) is 12.1 Å². The van der Waals surface area contributed by atoms with E-state index in [0.717, 1.165) is 31.3 Å². The molecule has 0 radical (unpaired) electrons. The van der Waals surface area contributed by atoms with Crippen LogP contribution in [-0.2, 0) is 6.18 Å². The third kappa shape index (κ3) is 4.32. The standard InChI is InChI=1S/C20H20F3N7/c1-29(13-14-6-5-11-30(14)17-8-4-10-25-28-17)18-12-16(20(21,22)23)26-19(27-18)15-7-2-3-9-24-15/h2-4,7-10,12,14H,5-6,11,13H2,1H3. The van der Waals surface area contributed by atoms with Gasteiger partial charge in [0.2, 0.25) is 0 Å². The molecule has 1 saturated heterocycles. The number of anilines is 2. The lowest BCUT2D eigenvalue weighted by Crippen LogP contribution is -2.39. The van der Waals surface area contributed by atoms with Crippen molar-refractivity contribution in [3.63, 3.8) is 0 Å². The quantitative estimate of drug-likeness (QED) is 0.632. The summed E-state index contributed by atoms with van der Waals surface area (Å²) in [4.78, 5) is 16.0. The number of hydrogen-bond acceptors (Lipinski definition) is 7. The minimum atomic E-state index is -4.58. The molecule has 1 atom stereocenters. The highest BCUT2D eigenvalue weighted by Gasteiger charge is 2.35. The molecule has 1 unspecified atom stereocenters. The number of alkyl halides is 3. The molecule has 0 bridgehead atoms. The second kappa shape index (κ2) is 8.21. The monoisotopic (exact) mass is 415 g/mol. The summed E-state index contributed by atoms with van der Waals surface area (Å²) in [6.45, 7) is 1.32. The third-order valence-electron chi connectivity index (χ3n) is 5.00. The lowest BCUT2D eigenvalue weighted by Gasteiger charge is -2.30. The molecule has 10 heteroatoms. The molecule has 0 aliphatic carbocycles. The van der Waals surface area contributed by atoms with Gasteiger partial charge in [0.25, 0.3) is 0 Å². The molecule has 4 rings (SSSR count). The van der Waals surface area contributed by atoms with Crippen LogP contribution in [0.4, 0.5) is 24.8 Å². The van der Waals surface area contributed by atoms with Crippen LogP contribution in [0.1, 0.15) is 18.5 Å². The molecule has 0 amide bonds. The highest BCUT2D eigenvalue weighted by molar-refractivity contribution is 5.54. The minimum absolute atomic E-state index is 0.0514. The molecule has 0 saturated carbocycles. The van der Waals surface area contributed by atoms with Crippen molar-refractivity contribution in [2.75, 3.05) is 29.9 Å². The summed E-state index contributed by atoms with van der Waals surface area (Å²) in [6.07, 6.45) is 0.414. The molecule has 0 N–H and O–H groups in total. The summed E-state index contributed by atoms with van der Waals surface area (Å²) < 4.78 is 40.4. The van der Waals surface area contributed by atoms with Gasteiger partial charge in [0.15, 0.2) is 17.3 Å². The van der Waals surface area contributed by atoms with Crippen molar-refractivity contribution in [3.05, 3.63) is 54.5 Å². The van der Waals surface area contributed by atoms with E-state index in [1.165, 1.54) is 6.20 Å². The Balaban J connectivity index is 1.62. The molecule has 0 aromatic carbocycles. The lowest BCUT2D eigenvalue weighted by molar-refractivity contribution is -0.141. The zero-order valence-electron chi connectivity index (χ0n) is 16.3. The van der Waals surface area contributed by atoms with E-state index in [-0.39, 0.29) is 17.7 Å². The maximum Gasteiger partial charge on any atom is 0.433 e. The van der Waals surface area contributed by atoms with E-state index in [4.69, 9.17) is 0 Å². The molecule has 1 aliphatic rings. The van der Waals surface area contributed by atoms with Gasteiger partial charge in [-0.05, 0) is 37.1 Å². The number of hydrogen-bond donors (Lipinski definition) is 0. The fraction of sp³-hybridized carbons (Fsp3) is 0.350. The molecule has 1 aliphatic heterocycles. The minimum Gasteiger partial charge on any atom is -0.357 e. The van der Waals surface area contributed by atoms with E-state index >= 15 is 0 Å². The largest absolute Gasteiger partial charge is 0.433 e. The van der Waals surface area contributed by atoms with Crippen LogP contribution in [0.15, 0.2) is 48.8 Å². The van der Waals surface area contributed by atoms with Crippen LogP contribution in [0.25, 0.3) is 11.5 Å². The van der Waals surface area contributed by atoms with Crippen LogP contribution < -0.4 is 9.80 Å². The average Bonchev–Trinajstić information content (AvgIpc) is 3.22. The van der Waals surface area contributed by atoms with E-state index in [9.17, 15) is 13.2 Å². The van der Waals surface area contributed by atoms with Gasteiger partial charge in [-0.15, -0.1) is 5.10 Å². The second-order valence-electron chi connectivity index (χ2n) is 7.10. The summed E-state index contributed by atoms with van der Waals surface area (Å²) in [6, 6.07) is 9.74. The van der Waals surface area contributed by atoms with E-state index in [1.54, 1.807) is 36.3 Å². The van der Waals surface area contributed by atoms with Crippen LogP contribution >= 0.6 is 0 Å². The third-order valence-corrected chi connectivity index (χ3v) is 5.00. The van der Waals surface area contributed by atoms with Crippen molar-refractivity contribution in [3.8, 4) is 11.5 Å². The van der Waals surface area contributed by atoms with Gasteiger partial charge in [0.05, 0.1) is 0 Å². The van der Waals surface area contributed by atoms with Gasteiger partial charge in [-0.3, -0.25) is 4.98 Å². The number of halogens is 3. The van der Waals surface area contributed by atoms with E-state index in [0.29, 0.717) is 12.2 Å². The average molecular weight is 415 g/mol. The molecule has 30 heavy (non-hydrogen) atoms. The maximum absolute atomic E-state index is 13.5. The SMILES string of the molecule is CN(CC1CCCN1c1cccnn1)c1cc(C(F)(F)F)nc(-c2ccccn2)n1. The maximum atomic E-state index is 13.5. The summed E-state index contributed by atoms with van der Waals surface area (Å²) in [5.74, 6) is 0.912. The first-order chi connectivity index (χ1) is 14.4. The Hall–Kier alpha value is -3.30. The van der Waals surface area contributed by atoms with Gasteiger partial charge < -0.3 is 9.80 Å². The van der Waals surface area contributed by atoms with Crippen LogP contribution in [0.3, 0.4) is 0 Å². The van der Waals surface area contributed by atoms with Crippen LogP contribution in [-0.4, -0.2) is 51.3 Å². The summed E-state index contributed by atoms with van der Waals surface area (Å²) in [5, 5.41) is 8.09. The first-order valence-corrected chi connectivity index (χ1v) is 9.55. The predicted octanol–water partition coefficient (Wildman–Crippen LogP) is 3.45. The molecule has 3 aromatic heterocycles. The van der Waals surface area contributed by atoms with Gasteiger partial charge in [-0.25, -0.2) is 9.97 Å². The second-order valence-corrected chi connectivity index (χ2v) is 7.10.